The highest BCUT2D eigenvalue weighted by molar-refractivity contribution is 7.19. The zero-order valence-corrected chi connectivity index (χ0v) is 19.3. The molecule has 0 fully saturated rings. The fourth-order valence-corrected chi connectivity index (χ4v) is 4.46. The number of carbonyl (C=O) groups is 1. The molecule has 0 radical (unpaired) electrons. The molecule has 2 N–H and O–H groups in total. The topological polar surface area (TPSA) is 84.7 Å². The standard InChI is InChI=1S/C26H19FN6OS/c1-2-24(34)28-10-4-7-21-13-22-25(29-16-30-26(22)35-21)32-20-8-9-23-18(12-20)14-31-33(23)15-17-5-3-6-19(27)11-17/h2-3,5-6,8-9,11-14,16H,1,10,15H2,(H,28,34)(H,29,30,32). The number of hydrogen-bond donors (Lipinski definition) is 2. The second kappa shape index (κ2) is 9.75. The van der Waals surface area contributed by atoms with Gasteiger partial charge in [0, 0.05) is 11.1 Å². The van der Waals surface area contributed by atoms with Crippen molar-refractivity contribution in [3.05, 3.63) is 90.0 Å². The molecule has 172 valence electrons. The molecule has 1 amide bonds. The Morgan fingerprint density at radius 2 is 2.11 bits per heavy atom. The summed E-state index contributed by atoms with van der Waals surface area (Å²) in [4.78, 5) is 21.6. The molecule has 2 aromatic carbocycles. The highest BCUT2D eigenvalue weighted by Gasteiger charge is 2.10. The Morgan fingerprint density at radius 1 is 1.20 bits per heavy atom. The van der Waals surface area contributed by atoms with E-state index in [0.29, 0.717) is 12.4 Å². The third kappa shape index (κ3) is 5.03. The number of benzene rings is 2. The van der Waals surface area contributed by atoms with Crippen LogP contribution in [0.15, 0.2) is 73.7 Å². The van der Waals surface area contributed by atoms with Crippen LogP contribution in [0.4, 0.5) is 15.9 Å². The molecule has 0 aliphatic rings. The summed E-state index contributed by atoms with van der Waals surface area (Å²) in [7, 11) is 0. The van der Waals surface area contributed by atoms with E-state index in [1.165, 1.54) is 35.9 Å². The van der Waals surface area contributed by atoms with Crippen LogP contribution in [0.2, 0.25) is 0 Å². The van der Waals surface area contributed by atoms with Gasteiger partial charge in [-0.3, -0.25) is 9.48 Å². The van der Waals surface area contributed by atoms with E-state index in [1.54, 1.807) is 12.3 Å². The Bertz CT molecular complexity index is 1630. The fraction of sp³-hybridized carbons (Fsp3) is 0.0769. The summed E-state index contributed by atoms with van der Waals surface area (Å²) >= 11 is 1.46. The van der Waals surface area contributed by atoms with Gasteiger partial charge >= 0.3 is 0 Å². The lowest BCUT2D eigenvalue weighted by Gasteiger charge is -2.08. The van der Waals surface area contributed by atoms with Crippen LogP contribution in [0, 0.1) is 17.7 Å². The van der Waals surface area contributed by atoms with Crippen molar-refractivity contribution in [2.45, 2.75) is 6.54 Å². The van der Waals surface area contributed by atoms with Crippen LogP contribution in [0.3, 0.4) is 0 Å². The Kier molecular flexibility index (Phi) is 6.20. The zero-order valence-electron chi connectivity index (χ0n) is 18.5. The third-order valence-corrected chi connectivity index (χ3v) is 6.16. The minimum absolute atomic E-state index is 0.239. The minimum Gasteiger partial charge on any atom is -0.342 e. The van der Waals surface area contributed by atoms with Crippen LogP contribution in [-0.2, 0) is 11.3 Å². The second-order valence-electron chi connectivity index (χ2n) is 7.61. The van der Waals surface area contributed by atoms with Gasteiger partial charge in [0.05, 0.1) is 35.1 Å². The van der Waals surface area contributed by atoms with Crippen LogP contribution in [0.5, 0.6) is 0 Å². The first kappa shape index (κ1) is 22.3. The second-order valence-corrected chi connectivity index (χ2v) is 8.64. The fourth-order valence-electron chi connectivity index (χ4n) is 3.59. The first-order valence-electron chi connectivity index (χ1n) is 10.7. The molecule has 5 aromatic rings. The van der Waals surface area contributed by atoms with Gasteiger partial charge in [0.2, 0.25) is 5.91 Å². The van der Waals surface area contributed by atoms with Gasteiger partial charge in [-0.15, -0.1) is 11.3 Å². The zero-order chi connectivity index (χ0) is 24.2. The molecule has 0 unspecified atom stereocenters. The maximum Gasteiger partial charge on any atom is 0.244 e. The van der Waals surface area contributed by atoms with E-state index < -0.39 is 0 Å². The molecule has 5 rings (SSSR count). The number of nitrogens with zero attached hydrogens (tertiary/aromatic N) is 4. The lowest BCUT2D eigenvalue weighted by Crippen LogP contribution is -2.20. The van der Waals surface area contributed by atoms with Gasteiger partial charge < -0.3 is 10.6 Å². The highest BCUT2D eigenvalue weighted by Crippen LogP contribution is 2.30. The quantitative estimate of drug-likeness (QED) is 0.272. The van der Waals surface area contributed by atoms with Crippen molar-refractivity contribution in [1.29, 1.82) is 0 Å². The van der Waals surface area contributed by atoms with Crippen molar-refractivity contribution in [3.63, 3.8) is 0 Å². The molecular weight excluding hydrogens is 463 g/mol. The van der Waals surface area contributed by atoms with Crippen molar-refractivity contribution >= 4 is 49.9 Å². The smallest absolute Gasteiger partial charge is 0.244 e. The number of hydrogen-bond acceptors (Lipinski definition) is 6. The number of thiophene rings is 1. The van der Waals surface area contributed by atoms with E-state index in [-0.39, 0.29) is 18.3 Å². The van der Waals surface area contributed by atoms with Crippen LogP contribution >= 0.6 is 11.3 Å². The first-order chi connectivity index (χ1) is 17.1. The maximum atomic E-state index is 13.5. The molecule has 0 aliphatic carbocycles. The van der Waals surface area contributed by atoms with Gasteiger partial charge in [0.1, 0.15) is 22.8 Å². The van der Waals surface area contributed by atoms with E-state index in [0.717, 1.165) is 37.2 Å². The molecule has 7 nitrogen and oxygen atoms in total. The van der Waals surface area contributed by atoms with Gasteiger partial charge in [-0.05, 0) is 48.0 Å². The summed E-state index contributed by atoms with van der Waals surface area (Å²) in [6.07, 6.45) is 4.51. The number of fused-ring (bicyclic) bond motifs is 2. The van der Waals surface area contributed by atoms with Crippen LogP contribution < -0.4 is 10.6 Å². The Hall–Kier alpha value is -4.55. The van der Waals surface area contributed by atoms with Crippen LogP contribution in [-0.4, -0.2) is 32.2 Å². The molecule has 0 atom stereocenters. The van der Waals surface area contributed by atoms with Crippen LogP contribution in [0.25, 0.3) is 21.1 Å². The van der Waals surface area contributed by atoms with Crippen LogP contribution in [0.1, 0.15) is 10.4 Å². The molecule has 0 saturated heterocycles. The molecule has 0 saturated carbocycles. The summed E-state index contributed by atoms with van der Waals surface area (Å²) in [5.41, 5.74) is 2.65. The molecule has 0 aliphatic heterocycles. The van der Waals surface area contributed by atoms with Gasteiger partial charge in [-0.1, -0.05) is 30.6 Å². The van der Waals surface area contributed by atoms with Crippen molar-refractivity contribution in [1.82, 2.24) is 25.1 Å². The lowest BCUT2D eigenvalue weighted by molar-refractivity contribution is -0.116. The van der Waals surface area contributed by atoms with Crippen molar-refractivity contribution < 1.29 is 9.18 Å². The lowest BCUT2D eigenvalue weighted by atomic mass is 10.2. The van der Waals surface area contributed by atoms with E-state index in [4.69, 9.17) is 0 Å². The molecule has 3 aromatic heterocycles. The van der Waals surface area contributed by atoms with E-state index >= 15 is 0 Å². The Labute approximate surface area is 204 Å². The maximum absolute atomic E-state index is 13.5. The van der Waals surface area contributed by atoms with Gasteiger partial charge in [0.25, 0.3) is 0 Å². The number of amides is 1. The van der Waals surface area contributed by atoms with E-state index in [2.05, 4.69) is 44.1 Å². The van der Waals surface area contributed by atoms with Crippen molar-refractivity contribution in [2.75, 3.05) is 11.9 Å². The number of anilines is 2. The van der Waals surface area contributed by atoms with Gasteiger partial charge in [0.15, 0.2) is 0 Å². The summed E-state index contributed by atoms with van der Waals surface area (Å²) in [6.45, 7) is 4.13. The van der Waals surface area contributed by atoms with Gasteiger partial charge in [-0.25, -0.2) is 14.4 Å². The summed E-state index contributed by atoms with van der Waals surface area (Å²) in [5, 5.41) is 12.3. The molecule has 3 heterocycles. The van der Waals surface area contributed by atoms with E-state index in [9.17, 15) is 9.18 Å². The average molecular weight is 483 g/mol. The number of carbonyl (C=O) groups excluding carboxylic acids is 1. The SMILES string of the molecule is C=CC(=O)NCC#Cc1cc2c(Nc3ccc4c(cnn4Cc4cccc(F)c4)c3)ncnc2s1. The average Bonchev–Trinajstić information content (AvgIpc) is 3.46. The van der Waals surface area contributed by atoms with Gasteiger partial charge in [-0.2, -0.15) is 5.10 Å². The normalized spacial score (nSPS) is 10.7. The number of aromatic nitrogens is 4. The molecule has 9 heteroatoms. The highest BCUT2D eigenvalue weighted by atomic mass is 32.1. The molecular formula is C26H19FN6OS. The first-order valence-corrected chi connectivity index (χ1v) is 11.5. The predicted octanol–water partition coefficient (Wildman–Crippen LogP) is 4.63. The Morgan fingerprint density at radius 3 is 2.97 bits per heavy atom. The largest absolute Gasteiger partial charge is 0.342 e. The monoisotopic (exact) mass is 482 g/mol. The third-order valence-electron chi connectivity index (χ3n) is 5.20. The molecule has 0 bridgehead atoms. The molecule has 35 heavy (non-hydrogen) atoms. The predicted molar refractivity (Wildman–Crippen MR) is 136 cm³/mol. The van der Waals surface area contributed by atoms with Crippen molar-refractivity contribution in [2.24, 2.45) is 0 Å². The molecule has 0 spiro atoms. The summed E-state index contributed by atoms with van der Waals surface area (Å²) in [5.74, 6) is 6.12. The number of nitrogens with one attached hydrogen (secondary N) is 2. The number of halogens is 1. The van der Waals surface area contributed by atoms with Crippen molar-refractivity contribution in [3.8, 4) is 11.8 Å². The Balaban J connectivity index is 1.35. The summed E-state index contributed by atoms with van der Waals surface area (Å²) in [6, 6.07) is 14.4. The minimum atomic E-state index is -0.261. The van der Waals surface area contributed by atoms with E-state index in [1.807, 2.05) is 35.0 Å². The number of rotatable bonds is 6. The summed E-state index contributed by atoms with van der Waals surface area (Å²) < 4.78 is 15.4.